The summed E-state index contributed by atoms with van der Waals surface area (Å²) in [6.07, 6.45) is 6.31. The van der Waals surface area contributed by atoms with Gasteiger partial charge in [-0.2, -0.15) is 0 Å². The minimum Gasteiger partial charge on any atom is -0.282 e. The van der Waals surface area contributed by atoms with Crippen molar-refractivity contribution in [3.8, 4) is 0 Å². The summed E-state index contributed by atoms with van der Waals surface area (Å²) in [5, 5.41) is -0.366. The van der Waals surface area contributed by atoms with Crippen LogP contribution in [0.5, 0.6) is 0 Å². The molecule has 0 spiro atoms. The summed E-state index contributed by atoms with van der Waals surface area (Å²) in [6, 6.07) is 0. The first-order chi connectivity index (χ1) is 7.67. The molecule has 86 valence electrons. The highest BCUT2D eigenvalue weighted by molar-refractivity contribution is 6.25. The van der Waals surface area contributed by atoms with Crippen LogP contribution in [-0.4, -0.2) is 46.5 Å². The van der Waals surface area contributed by atoms with Crippen molar-refractivity contribution in [1.82, 2.24) is 4.90 Å². The lowest BCUT2D eigenvalue weighted by atomic mass is 10.2. The third-order valence-corrected chi connectivity index (χ3v) is 4.88. The van der Waals surface area contributed by atoms with E-state index in [2.05, 4.69) is 42.0 Å². The minimum atomic E-state index is -0.366. The van der Waals surface area contributed by atoms with Crippen molar-refractivity contribution in [2.75, 3.05) is 26.2 Å². The van der Waals surface area contributed by atoms with Crippen molar-refractivity contribution in [1.29, 1.82) is 0 Å². The number of quaternary nitrogens is 1. The Bertz CT molecular complexity index is 420. The van der Waals surface area contributed by atoms with Crippen molar-refractivity contribution in [2.24, 2.45) is 4.99 Å². The van der Waals surface area contributed by atoms with Crippen LogP contribution in [-0.2, 0) is 0 Å². The van der Waals surface area contributed by atoms with Gasteiger partial charge in [0.15, 0.2) is 0 Å². The molecule has 0 saturated carbocycles. The Hall–Kier alpha value is -0.800. The molecule has 0 aromatic carbocycles. The summed E-state index contributed by atoms with van der Waals surface area (Å²) in [4.78, 5) is 6.81. The summed E-state index contributed by atoms with van der Waals surface area (Å²) in [6.45, 7) is 8.27. The van der Waals surface area contributed by atoms with Crippen molar-refractivity contribution in [2.45, 2.75) is 19.0 Å². The third kappa shape index (κ3) is 0.962. The van der Waals surface area contributed by atoms with Gasteiger partial charge in [-0.25, -0.2) is 0 Å². The van der Waals surface area contributed by atoms with Gasteiger partial charge in [0.25, 0.3) is 5.12 Å². The maximum atomic E-state index is 6.90. The Morgan fingerprint density at radius 1 is 1.50 bits per heavy atom. The molecule has 0 N–H and O–H groups in total. The van der Waals surface area contributed by atoms with Crippen LogP contribution >= 0.6 is 11.6 Å². The van der Waals surface area contributed by atoms with Crippen molar-refractivity contribution in [3.63, 3.8) is 0 Å². The van der Waals surface area contributed by atoms with Crippen LogP contribution < -0.4 is 0 Å². The van der Waals surface area contributed by atoms with Gasteiger partial charge in [0.1, 0.15) is 18.9 Å². The molecule has 3 heterocycles. The number of halogens is 1. The number of hydrogen-bond donors (Lipinski definition) is 0. The molecule has 0 aliphatic carbocycles. The lowest BCUT2D eigenvalue weighted by molar-refractivity contribution is -0.949. The minimum absolute atomic E-state index is 0.366. The number of alkyl halides is 1. The average molecular weight is 239 g/mol. The van der Waals surface area contributed by atoms with Crippen LogP contribution in [0.1, 0.15) is 13.8 Å². The second-order valence-corrected chi connectivity index (χ2v) is 5.29. The lowest BCUT2D eigenvalue weighted by Crippen LogP contribution is -2.62. The summed E-state index contributed by atoms with van der Waals surface area (Å²) >= 11 is 6.90. The second kappa shape index (κ2) is 3.11. The predicted octanol–water partition coefficient (Wildman–Crippen LogP) is 1.92. The normalized spacial score (nSPS) is 33.8. The van der Waals surface area contributed by atoms with Gasteiger partial charge >= 0.3 is 0 Å². The van der Waals surface area contributed by atoms with Crippen LogP contribution in [0.4, 0.5) is 0 Å². The first kappa shape index (κ1) is 10.4. The van der Waals surface area contributed by atoms with Crippen LogP contribution in [0.25, 0.3) is 0 Å². The summed E-state index contributed by atoms with van der Waals surface area (Å²) in [7, 11) is 0. The molecule has 1 atom stereocenters. The van der Waals surface area contributed by atoms with Gasteiger partial charge < -0.3 is 0 Å². The smallest absolute Gasteiger partial charge is 0.278 e. The molecule has 0 bridgehead atoms. The summed E-state index contributed by atoms with van der Waals surface area (Å²) in [5.41, 5.74) is 1.32. The summed E-state index contributed by atoms with van der Waals surface area (Å²) < 4.78 is 0.912. The van der Waals surface area contributed by atoms with Crippen LogP contribution in [0, 0.1) is 0 Å². The fraction of sp³-hybridized carbons (Fsp3) is 0.583. The zero-order valence-corrected chi connectivity index (χ0v) is 10.5. The molecule has 3 nitrogen and oxygen atoms in total. The molecule has 3 aliphatic rings. The van der Waals surface area contributed by atoms with Crippen molar-refractivity contribution in [3.05, 3.63) is 23.9 Å². The van der Waals surface area contributed by atoms with Gasteiger partial charge in [0, 0.05) is 0 Å². The SMILES string of the molecule is CC[N+]1(CC)CC2=CC=CC3=NCC1(Cl)N23. The van der Waals surface area contributed by atoms with E-state index < -0.39 is 0 Å². The average Bonchev–Trinajstić information content (AvgIpc) is 2.78. The van der Waals surface area contributed by atoms with E-state index in [1.54, 1.807) is 0 Å². The largest absolute Gasteiger partial charge is 0.282 e. The third-order valence-electron chi connectivity index (χ3n) is 4.24. The van der Waals surface area contributed by atoms with Crippen LogP contribution in [0.2, 0.25) is 0 Å². The molecule has 0 amide bonds. The van der Waals surface area contributed by atoms with Crippen molar-refractivity contribution >= 4 is 17.4 Å². The molecule has 1 unspecified atom stereocenters. The molecule has 4 heteroatoms. The van der Waals surface area contributed by atoms with E-state index in [1.165, 1.54) is 5.70 Å². The van der Waals surface area contributed by atoms with Crippen LogP contribution in [0.3, 0.4) is 0 Å². The van der Waals surface area contributed by atoms with Gasteiger partial charge in [-0.1, -0.05) is 6.08 Å². The van der Waals surface area contributed by atoms with Crippen LogP contribution in [0.15, 0.2) is 28.9 Å². The van der Waals surface area contributed by atoms with Gasteiger partial charge in [0.05, 0.1) is 18.8 Å². The van der Waals surface area contributed by atoms with E-state index in [-0.39, 0.29) is 5.12 Å². The molecule has 1 saturated heterocycles. The fourth-order valence-corrected chi connectivity index (χ4v) is 3.72. The molecule has 16 heavy (non-hydrogen) atoms. The monoisotopic (exact) mass is 238 g/mol. The molecule has 1 fully saturated rings. The van der Waals surface area contributed by atoms with Gasteiger partial charge in [0.2, 0.25) is 0 Å². The number of nitrogens with zero attached hydrogens (tertiary/aromatic N) is 3. The highest BCUT2D eigenvalue weighted by Gasteiger charge is 2.63. The Labute approximate surface area is 101 Å². The lowest BCUT2D eigenvalue weighted by Gasteiger charge is -2.42. The van der Waals surface area contributed by atoms with E-state index in [4.69, 9.17) is 11.6 Å². The Morgan fingerprint density at radius 3 is 2.94 bits per heavy atom. The fourth-order valence-electron chi connectivity index (χ4n) is 3.16. The number of aliphatic imine (C=N–C) groups is 1. The molecule has 3 aliphatic heterocycles. The quantitative estimate of drug-likeness (QED) is 0.408. The van der Waals surface area contributed by atoms with E-state index in [0.717, 1.165) is 30.0 Å². The van der Waals surface area contributed by atoms with Crippen molar-refractivity contribution < 1.29 is 4.48 Å². The number of hydrogen-bond acceptors (Lipinski definition) is 2. The second-order valence-electron chi connectivity index (χ2n) is 4.68. The number of rotatable bonds is 2. The number of amidine groups is 1. The Balaban J connectivity index is 2.13. The number of allylic oxidation sites excluding steroid dienone is 2. The predicted molar refractivity (Wildman–Crippen MR) is 66.2 cm³/mol. The molecule has 0 aromatic heterocycles. The van der Waals surface area contributed by atoms with Gasteiger partial charge in [-0.3, -0.25) is 14.4 Å². The van der Waals surface area contributed by atoms with E-state index in [1.807, 2.05) is 0 Å². The Kier molecular flexibility index (Phi) is 2.01. The van der Waals surface area contributed by atoms with Gasteiger partial charge in [-0.05, 0) is 37.6 Å². The molecule has 0 aromatic rings. The van der Waals surface area contributed by atoms with E-state index >= 15 is 0 Å². The van der Waals surface area contributed by atoms with E-state index in [9.17, 15) is 0 Å². The highest BCUT2D eigenvalue weighted by atomic mass is 35.5. The molecular formula is C12H17ClN3+. The zero-order chi connectivity index (χ0) is 11.4. The molecular weight excluding hydrogens is 222 g/mol. The van der Waals surface area contributed by atoms with E-state index in [0.29, 0.717) is 6.54 Å². The molecule has 0 radical (unpaired) electrons. The highest BCUT2D eigenvalue weighted by Crippen LogP contribution is 2.47. The van der Waals surface area contributed by atoms with Gasteiger partial charge in [-0.15, -0.1) is 0 Å². The first-order valence-electron chi connectivity index (χ1n) is 5.94. The molecule has 3 rings (SSSR count). The topological polar surface area (TPSA) is 15.6 Å². The zero-order valence-electron chi connectivity index (χ0n) is 9.78. The first-order valence-corrected chi connectivity index (χ1v) is 6.32. The maximum Gasteiger partial charge on any atom is 0.278 e. The number of likely N-dealkylation sites (N-methyl/N-ethyl adjacent to an activating group) is 1. The maximum absolute atomic E-state index is 6.90. The summed E-state index contributed by atoms with van der Waals surface area (Å²) in [5.74, 6) is 1.04. The Morgan fingerprint density at radius 2 is 2.25 bits per heavy atom. The standard InChI is InChI=1S/C12H17ClN3/c1-3-16(4-2)8-10-6-5-7-11-14-9-12(16,13)15(10)11/h5-7H,3-4,8-9H2,1-2H3/q+1.